The van der Waals surface area contributed by atoms with Gasteiger partial charge in [-0.05, 0) is 0 Å². The van der Waals surface area contributed by atoms with Crippen LogP contribution in [0.3, 0.4) is 0 Å². The van der Waals surface area contributed by atoms with E-state index in [-0.39, 0.29) is 0 Å². The fourth-order valence-electron chi connectivity index (χ4n) is 0.936. The van der Waals surface area contributed by atoms with E-state index in [4.69, 9.17) is 0 Å². The zero-order valence-corrected chi connectivity index (χ0v) is 9.36. The van der Waals surface area contributed by atoms with Gasteiger partial charge in [0.25, 0.3) is 0 Å². The van der Waals surface area contributed by atoms with Crippen LogP contribution in [0.5, 0.6) is 0 Å². The fourth-order valence-corrected chi connectivity index (χ4v) is 1.22. The molecule has 0 aromatic carbocycles. The van der Waals surface area contributed by atoms with Crippen molar-refractivity contribution in [3.63, 3.8) is 0 Å². The Balaban J connectivity index is 2.84. The SMILES string of the molecule is CCc1c[nH][c-]c1/C=C\[CH]=[W]. The molecule has 0 atom stereocenters. The first-order valence-electron chi connectivity index (χ1n) is 3.58. The molecular formula is C9H10NW-. The molecule has 0 bridgehead atoms. The van der Waals surface area contributed by atoms with Crippen LogP contribution < -0.4 is 0 Å². The first-order chi connectivity index (χ1) is 5.38. The topological polar surface area (TPSA) is 15.8 Å². The normalized spacial score (nSPS) is 10.6. The molecule has 1 rings (SSSR count). The summed E-state index contributed by atoms with van der Waals surface area (Å²) in [5.41, 5.74) is 2.52. The third-order valence-electron chi connectivity index (χ3n) is 1.52. The van der Waals surface area contributed by atoms with Crippen molar-refractivity contribution in [3.05, 3.63) is 29.6 Å². The molecule has 11 heavy (non-hydrogen) atoms. The van der Waals surface area contributed by atoms with Crippen molar-refractivity contribution in [2.75, 3.05) is 0 Å². The van der Waals surface area contributed by atoms with E-state index in [0.29, 0.717) is 0 Å². The van der Waals surface area contributed by atoms with Gasteiger partial charge in [0, 0.05) is 0 Å². The van der Waals surface area contributed by atoms with Crippen LogP contribution in [-0.4, -0.2) is 9.38 Å². The van der Waals surface area contributed by atoms with Gasteiger partial charge < -0.3 is 0 Å². The van der Waals surface area contributed by atoms with Gasteiger partial charge in [-0.25, -0.2) is 0 Å². The van der Waals surface area contributed by atoms with Crippen molar-refractivity contribution in [1.82, 2.24) is 4.98 Å². The molecule has 0 amide bonds. The molecular weight excluding hydrogens is 306 g/mol. The molecule has 0 aliphatic heterocycles. The number of rotatable bonds is 3. The van der Waals surface area contributed by atoms with Crippen molar-refractivity contribution >= 4 is 10.5 Å². The van der Waals surface area contributed by atoms with E-state index < -0.39 is 0 Å². The summed E-state index contributed by atoms with van der Waals surface area (Å²) in [5, 5.41) is 0. The molecule has 0 saturated carbocycles. The Hall–Kier alpha value is -0.422. The van der Waals surface area contributed by atoms with Crippen LogP contribution in [0.2, 0.25) is 0 Å². The molecule has 0 fully saturated rings. The second-order valence-electron chi connectivity index (χ2n) is 2.20. The molecule has 2 heteroatoms. The number of allylic oxidation sites excluding steroid dienone is 1. The molecule has 0 unspecified atom stereocenters. The van der Waals surface area contributed by atoms with Gasteiger partial charge in [-0.3, -0.25) is 0 Å². The maximum absolute atomic E-state index is 3.07. The molecule has 0 aliphatic carbocycles. The van der Waals surface area contributed by atoms with Gasteiger partial charge in [-0.15, -0.1) is 0 Å². The number of hydrogen-bond donors (Lipinski definition) is 1. The second kappa shape index (κ2) is 4.46. The summed E-state index contributed by atoms with van der Waals surface area (Å²) >= 11 is 1.48. The number of aromatic nitrogens is 1. The van der Waals surface area contributed by atoms with Crippen LogP contribution in [0.4, 0.5) is 0 Å². The molecule has 1 heterocycles. The summed E-state index contributed by atoms with van der Waals surface area (Å²) in [6.45, 7) is 2.15. The summed E-state index contributed by atoms with van der Waals surface area (Å²) in [7, 11) is 0. The Morgan fingerprint density at radius 2 is 2.55 bits per heavy atom. The van der Waals surface area contributed by atoms with E-state index in [9.17, 15) is 0 Å². The van der Waals surface area contributed by atoms with Crippen molar-refractivity contribution < 1.29 is 19.4 Å². The fraction of sp³-hybridized carbons (Fsp3) is 0.222. The van der Waals surface area contributed by atoms with Crippen LogP contribution in [0.1, 0.15) is 18.1 Å². The monoisotopic (exact) mass is 316 g/mol. The predicted octanol–water partition coefficient (Wildman–Crippen LogP) is 1.74. The van der Waals surface area contributed by atoms with Gasteiger partial charge in [0.1, 0.15) is 0 Å². The Labute approximate surface area is 77.9 Å². The number of aryl methyl sites for hydroxylation is 1. The third kappa shape index (κ3) is 2.27. The summed E-state index contributed by atoms with van der Waals surface area (Å²) in [4.78, 5) is 2.97. The Bertz CT molecular complexity index is 260. The van der Waals surface area contributed by atoms with E-state index in [1.807, 2.05) is 6.20 Å². The summed E-state index contributed by atoms with van der Waals surface area (Å²) in [6.07, 6.45) is 10.3. The molecule has 1 N–H and O–H groups in total. The van der Waals surface area contributed by atoms with Gasteiger partial charge >= 0.3 is 77.8 Å². The summed E-state index contributed by atoms with van der Waals surface area (Å²) < 4.78 is 2.10. The van der Waals surface area contributed by atoms with Crippen molar-refractivity contribution in [3.8, 4) is 0 Å². The molecule has 0 saturated heterocycles. The van der Waals surface area contributed by atoms with Crippen LogP contribution in [0.25, 0.3) is 6.08 Å². The van der Waals surface area contributed by atoms with Gasteiger partial charge in [-0.1, -0.05) is 0 Å². The van der Waals surface area contributed by atoms with Gasteiger partial charge in [0.2, 0.25) is 0 Å². The Morgan fingerprint density at radius 1 is 1.73 bits per heavy atom. The Morgan fingerprint density at radius 3 is 3.18 bits per heavy atom. The number of H-pyrrole nitrogens is 1. The molecule has 1 aromatic heterocycles. The maximum atomic E-state index is 3.07. The minimum atomic E-state index is 1.07. The zero-order valence-electron chi connectivity index (χ0n) is 6.42. The summed E-state index contributed by atoms with van der Waals surface area (Å²) in [6, 6.07) is 0. The van der Waals surface area contributed by atoms with Crippen LogP contribution in [-0.2, 0) is 25.8 Å². The van der Waals surface area contributed by atoms with E-state index in [0.717, 1.165) is 6.42 Å². The number of nitrogens with one attached hydrogen (secondary N) is 1. The predicted molar refractivity (Wildman–Crippen MR) is 44.1 cm³/mol. The van der Waals surface area contributed by atoms with Crippen molar-refractivity contribution in [2.45, 2.75) is 13.3 Å². The second-order valence-corrected chi connectivity index (χ2v) is 3.18. The number of aromatic amines is 1. The zero-order chi connectivity index (χ0) is 8.10. The van der Waals surface area contributed by atoms with Crippen molar-refractivity contribution in [1.29, 1.82) is 0 Å². The molecule has 58 valence electrons. The molecule has 0 aliphatic rings. The van der Waals surface area contributed by atoms with Crippen LogP contribution >= 0.6 is 0 Å². The number of hydrogen-bond acceptors (Lipinski definition) is 0. The van der Waals surface area contributed by atoms with E-state index in [1.54, 1.807) is 0 Å². The van der Waals surface area contributed by atoms with Gasteiger partial charge in [0.15, 0.2) is 0 Å². The average molecular weight is 316 g/mol. The molecule has 1 aromatic rings. The molecule has 0 radical (unpaired) electrons. The van der Waals surface area contributed by atoms with Crippen LogP contribution in [0.15, 0.2) is 12.3 Å². The summed E-state index contributed by atoms with van der Waals surface area (Å²) in [5.74, 6) is 0. The van der Waals surface area contributed by atoms with E-state index in [2.05, 4.69) is 34.7 Å². The first-order valence-corrected chi connectivity index (χ1v) is 5.27. The molecule has 0 spiro atoms. The molecule has 1 nitrogen and oxygen atoms in total. The van der Waals surface area contributed by atoms with Crippen molar-refractivity contribution in [2.24, 2.45) is 0 Å². The van der Waals surface area contributed by atoms with Gasteiger partial charge in [-0.2, -0.15) is 0 Å². The average Bonchev–Trinajstić information content (AvgIpc) is 2.47. The van der Waals surface area contributed by atoms with Gasteiger partial charge in [0.05, 0.1) is 0 Å². The van der Waals surface area contributed by atoms with E-state index in [1.165, 1.54) is 30.5 Å². The Kier molecular flexibility index (Phi) is 3.51. The van der Waals surface area contributed by atoms with E-state index >= 15 is 0 Å². The first kappa shape index (κ1) is 8.67. The minimum absolute atomic E-state index is 1.07. The quantitative estimate of drug-likeness (QED) is 0.818. The third-order valence-corrected chi connectivity index (χ3v) is 2.09. The van der Waals surface area contributed by atoms with Crippen LogP contribution in [0, 0.1) is 6.20 Å². The standard InChI is InChI=1S/C9H10N.W/c1-3-5-9-7-10-6-8(9)4-2;/h1,3,5-6,10H,4H2,2H3;/q-1;/b5-3-;.